The molecule has 1 aromatic heterocycles. The molecule has 78 valence electrons. The van der Waals surface area contributed by atoms with Crippen molar-refractivity contribution in [1.82, 2.24) is 14.1 Å². The second-order valence-corrected chi connectivity index (χ2v) is 4.10. The predicted molar refractivity (Wildman–Crippen MR) is 62.3 cm³/mol. The number of aromatic nitrogens is 2. The van der Waals surface area contributed by atoms with Crippen LogP contribution in [0.1, 0.15) is 17.3 Å². The summed E-state index contributed by atoms with van der Waals surface area (Å²) in [6, 6.07) is 7.81. The van der Waals surface area contributed by atoms with Crippen LogP contribution in [-0.2, 0) is 0 Å². The highest BCUT2D eigenvalue weighted by molar-refractivity contribution is 6.99. The van der Waals surface area contributed by atoms with Crippen molar-refractivity contribution in [2.75, 3.05) is 7.05 Å². The van der Waals surface area contributed by atoms with Crippen molar-refractivity contribution in [3.05, 3.63) is 46.7 Å². The Morgan fingerprint density at radius 1 is 1.33 bits per heavy atom. The Kier molecular flexibility index (Phi) is 3.30. The fraction of sp³-hybridized carbons (Fsp3) is 0.200. The van der Waals surface area contributed by atoms with Crippen molar-refractivity contribution >= 4 is 23.3 Å². The molecule has 1 atom stereocenters. The van der Waals surface area contributed by atoms with E-state index in [1.165, 1.54) is 11.7 Å². The monoisotopic (exact) mass is 239 g/mol. The molecule has 0 aliphatic rings. The van der Waals surface area contributed by atoms with E-state index in [1.54, 1.807) is 6.20 Å². The second-order valence-electron chi connectivity index (χ2n) is 3.11. The van der Waals surface area contributed by atoms with Gasteiger partial charge in [-0.1, -0.05) is 23.7 Å². The molecule has 15 heavy (non-hydrogen) atoms. The number of rotatable bonds is 3. The SMILES string of the molecule is CNC(c1ccc(Cl)cc1)c1cnsn1. The van der Waals surface area contributed by atoms with E-state index >= 15 is 0 Å². The fourth-order valence-corrected chi connectivity index (χ4v) is 2.01. The summed E-state index contributed by atoms with van der Waals surface area (Å²) in [7, 11) is 1.90. The van der Waals surface area contributed by atoms with Crippen molar-refractivity contribution in [1.29, 1.82) is 0 Å². The van der Waals surface area contributed by atoms with E-state index in [-0.39, 0.29) is 6.04 Å². The first-order chi connectivity index (χ1) is 7.31. The lowest BCUT2D eigenvalue weighted by atomic mass is 10.1. The van der Waals surface area contributed by atoms with Crippen molar-refractivity contribution in [3.8, 4) is 0 Å². The van der Waals surface area contributed by atoms with Crippen LogP contribution >= 0.6 is 23.3 Å². The zero-order chi connectivity index (χ0) is 10.7. The van der Waals surface area contributed by atoms with E-state index < -0.39 is 0 Å². The van der Waals surface area contributed by atoms with Gasteiger partial charge in [0.15, 0.2) is 0 Å². The summed E-state index contributed by atoms with van der Waals surface area (Å²) in [5.41, 5.74) is 2.07. The van der Waals surface area contributed by atoms with Crippen molar-refractivity contribution < 1.29 is 0 Å². The zero-order valence-corrected chi connectivity index (χ0v) is 9.72. The normalized spacial score (nSPS) is 12.7. The highest BCUT2D eigenvalue weighted by atomic mass is 35.5. The van der Waals surface area contributed by atoms with Crippen LogP contribution in [0.25, 0.3) is 0 Å². The molecule has 0 aliphatic heterocycles. The average molecular weight is 240 g/mol. The summed E-state index contributed by atoms with van der Waals surface area (Å²) >= 11 is 7.05. The summed E-state index contributed by atoms with van der Waals surface area (Å²) in [5, 5.41) is 3.94. The highest BCUT2D eigenvalue weighted by Gasteiger charge is 2.13. The Labute approximate surface area is 97.4 Å². The molecule has 0 saturated carbocycles. The number of hydrogen-bond donors (Lipinski definition) is 1. The number of halogens is 1. The summed E-state index contributed by atoms with van der Waals surface area (Å²) < 4.78 is 8.22. The second kappa shape index (κ2) is 4.70. The molecule has 3 nitrogen and oxygen atoms in total. The van der Waals surface area contributed by atoms with Gasteiger partial charge in [-0.25, -0.2) is 0 Å². The van der Waals surface area contributed by atoms with Crippen LogP contribution in [0.3, 0.4) is 0 Å². The summed E-state index contributed by atoms with van der Waals surface area (Å²) in [4.78, 5) is 0. The molecule has 0 fully saturated rings. The van der Waals surface area contributed by atoms with E-state index in [9.17, 15) is 0 Å². The van der Waals surface area contributed by atoms with Gasteiger partial charge in [0.25, 0.3) is 0 Å². The molecule has 1 N–H and O–H groups in total. The van der Waals surface area contributed by atoms with Crippen LogP contribution in [0, 0.1) is 0 Å². The first-order valence-electron chi connectivity index (χ1n) is 4.51. The number of nitrogens with zero attached hydrogens (tertiary/aromatic N) is 2. The Bertz CT molecular complexity index is 413. The largest absolute Gasteiger partial charge is 0.308 e. The Balaban J connectivity index is 2.31. The first-order valence-corrected chi connectivity index (χ1v) is 5.62. The van der Waals surface area contributed by atoms with Gasteiger partial charge in [-0.3, -0.25) is 0 Å². The van der Waals surface area contributed by atoms with Crippen molar-refractivity contribution in [2.45, 2.75) is 6.04 Å². The van der Waals surface area contributed by atoms with Crippen LogP contribution in [0.4, 0.5) is 0 Å². The molecule has 0 spiro atoms. The van der Waals surface area contributed by atoms with Crippen LogP contribution in [0.5, 0.6) is 0 Å². The molecule has 2 aromatic rings. The Hall–Kier alpha value is -0.970. The lowest BCUT2D eigenvalue weighted by molar-refractivity contribution is 0.677. The first kappa shape index (κ1) is 10.5. The van der Waals surface area contributed by atoms with Crippen LogP contribution < -0.4 is 5.32 Å². The van der Waals surface area contributed by atoms with Gasteiger partial charge in [-0.15, -0.1) is 0 Å². The maximum atomic E-state index is 5.84. The van der Waals surface area contributed by atoms with Gasteiger partial charge in [-0.2, -0.15) is 8.75 Å². The van der Waals surface area contributed by atoms with E-state index in [0.717, 1.165) is 16.3 Å². The fourth-order valence-electron chi connectivity index (χ4n) is 1.44. The van der Waals surface area contributed by atoms with E-state index in [1.807, 2.05) is 31.3 Å². The van der Waals surface area contributed by atoms with Crippen molar-refractivity contribution in [3.63, 3.8) is 0 Å². The molecular formula is C10H10ClN3S. The van der Waals surface area contributed by atoms with Gasteiger partial charge < -0.3 is 5.32 Å². The van der Waals surface area contributed by atoms with Gasteiger partial charge in [0.05, 0.1) is 29.7 Å². The van der Waals surface area contributed by atoms with Gasteiger partial charge in [0.1, 0.15) is 0 Å². The van der Waals surface area contributed by atoms with E-state index in [2.05, 4.69) is 14.1 Å². The minimum Gasteiger partial charge on any atom is -0.308 e. The molecule has 1 heterocycles. The van der Waals surface area contributed by atoms with Crippen molar-refractivity contribution in [2.24, 2.45) is 0 Å². The molecular weight excluding hydrogens is 230 g/mol. The zero-order valence-electron chi connectivity index (χ0n) is 8.14. The lowest BCUT2D eigenvalue weighted by Gasteiger charge is -2.13. The molecule has 1 unspecified atom stereocenters. The minimum absolute atomic E-state index is 0.0843. The van der Waals surface area contributed by atoms with Crippen LogP contribution in [0.2, 0.25) is 5.02 Å². The third-order valence-corrected chi connectivity index (χ3v) is 2.91. The number of benzene rings is 1. The standard InChI is InChI=1S/C10H10ClN3S/c1-12-10(9-6-13-15-14-9)7-2-4-8(11)5-3-7/h2-6,10,12H,1H3. The lowest BCUT2D eigenvalue weighted by Crippen LogP contribution is -2.17. The Morgan fingerprint density at radius 2 is 2.07 bits per heavy atom. The molecule has 0 radical (unpaired) electrons. The molecule has 0 saturated heterocycles. The number of hydrogen-bond acceptors (Lipinski definition) is 4. The topological polar surface area (TPSA) is 37.8 Å². The highest BCUT2D eigenvalue weighted by Crippen LogP contribution is 2.21. The maximum absolute atomic E-state index is 5.84. The third-order valence-electron chi connectivity index (χ3n) is 2.17. The molecule has 0 amide bonds. The summed E-state index contributed by atoms with van der Waals surface area (Å²) in [6.45, 7) is 0. The maximum Gasteiger partial charge on any atom is 0.0957 e. The van der Waals surface area contributed by atoms with Gasteiger partial charge in [0, 0.05) is 5.02 Å². The van der Waals surface area contributed by atoms with Crippen LogP contribution in [0.15, 0.2) is 30.5 Å². The third kappa shape index (κ3) is 2.34. The van der Waals surface area contributed by atoms with Gasteiger partial charge in [-0.05, 0) is 24.7 Å². The number of nitrogens with one attached hydrogen (secondary N) is 1. The molecule has 0 bridgehead atoms. The quantitative estimate of drug-likeness (QED) is 0.895. The smallest absolute Gasteiger partial charge is 0.0957 e. The van der Waals surface area contributed by atoms with E-state index in [4.69, 9.17) is 11.6 Å². The van der Waals surface area contributed by atoms with Crippen LogP contribution in [-0.4, -0.2) is 15.8 Å². The molecule has 5 heteroatoms. The minimum atomic E-state index is 0.0843. The molecule has 2 rings (SSSR count). The molecule has 0 aliphatic carbocycles. The predicted octanol–water partition coefficient (Wildman–Crippen LogP) is 2.50. The Morgan fingerprint density at radius 3 is 2.60 bits per heavy atom. The summed E-state index contributed by atoms with van der Waals surface area (Å²) in [6.07, 6.45) is 1.78. The van der Waals surface area contributed by atoms with Gasteiger partial charge in [0.2, 0.25) is 0 Å². The summed E-state index contributed by atoms with van der Waals surface area (Å²) in [5.74, 6) is 0. The average Bonchev–Trinajstić information content (AvgIpc) is 2.75. The molecule has 1 aromatic carbocycles. The van der Waals surface area contributed by atoms with E-state index in [0.29, 0.717) is 0 Å². The van der Waals surface area contributed by atoms with Gasteiger partial charge >= 0.3 is 0 Å².